The van der Waals surface area contributed by atoms with Crippen LogP contribution in [-0.2, 0) is 0 Å². The van der Waals surface area contributed by atoms with Crippen LogP contribution in [0.3, 0.4) is 0 Å². The maximum Gasteiger partial charge on any atom is 0.102 e. The van der Waals surface area contributed by atoms with E-state index in [0.717, 1.165) is 44.6 Å². The van der Waals surface area contributed by atoms with E-state index in [1.165, 1.54) is 0 Å². The molecular weight excluding hydrogens is 544 g/mol. The van der Waals surface area contributed by atoms with Crippen molar-refractivity contribution in [2.24, 2.45) is 10.8 Å². The molecule has 0 aromatic carbocycles. The summed E-state index contributed by atoms with van der Waals surface area (Å²) < 4.78 is 0. The van der Waals surface area contributed by atoms with Crippen molar-refractivity contribution in [3.63, 3.8) is 0 Å². The Labute approximate surface area is 266 Å². The molecule has 0 bridgehead atoms. The van der Waals surface area contributed by atoms with Gasteiger partial charge in [-0.2, -0.15) is 0 Å². The van der Waals surface area contributed by atoms with Crippen LogP contribution < -0.4 is 0 Å². The van der Waals surface area contributed by atoms with E-state index in [4.69, 9.17) is 0 Å². The molecule has 0 saturated heterocycles. The van der Waals surface area contributed by atoms with E-state index >= 15 is 0 Å². The molecule has 4 N–H and O–H groups in total. The first kappa shape index (κ1) is 37.0. The van der Waals surface area contributed by atoms with Gasteiger partial charge in [-0.3, -0.25) is 0 Å². The van der Waals surface area contributed by atoms with Crippen molar-refractivity contribution in [1.82, 2.24) is 0 Å². The number of allylic oxidation sites excluding steroid dienone is 18. The minimum absolute atomic E-state index is 0.185. The zero-order valence-electron chi connectivity index (χ0n) is 28.4. The lowest BCUT2D eigenvalue weighted by atomic mass is 9.70. The van der Waals surface area contributed by atoms with Crippen LogP contribution in [0, 0.1) is 22.7 Å². The van der Waals surface area contributed by atoms with Crippen molar-refractivity contribution in [1.29, 1.82) is 0 Å². The van der Waals surface area contributed by atoms with Crippen LogP contribution in [0.4, 0.5) is 0 Å². The van der Waals surface area contributed by atoms with Crippen LogP contribution in [0.15, 0.2) is 117 Å². The van der Waals surface area contributed by atoms with Crippen molar-refractivity contribution in [2.75, 3.05) is 0 Å². The summed E-state index contributed by atoms with van der Waals surface area (Å²) in [5.41, 5.74) is 7.41. The van der Waals surface area contributed by atoms with Crippen molar-refractivity contribution < 1.29 is 20.4 Å². The number of hydrogen-bond acceptors (Lipinski definition) is 4. The van der Waals surface area contributed by atoms with Gasteiger partial charge in [-0.15, -0.1) is 0 Å². The van der Waals surface area contributed by atoms with Crippen LogP contribution in [0.5, 0.6) is 0 Å². The average Bonchev–Trinajstić information content (AvgIpc) is 2.92. The molecule has 4 atom stereocenters. The predicted molar refractivity (Wildman–Crippen MR) is 186 cm³/mol. The third kappa shape index (κ3) is 10.8. The van der Waals surface area contributed by atoms with E-state index in [1.54, 1.807) is 0 Å². The summed E-state index contributed by atoms with van der Waals surface area (Å²) in [5, 5.41) is 40.7. The molecule has 0 aromatic heterocycles. The minimum atomic E-state index is -0.850. The standard InChI is InChI=1S/C40H54O4/c1-27(17-13-19-29(3)21-23-33-31(5)37(43)35(41)25-39(33,7)8)15-11-12-16-28(2)18-14-20-30(4)22-24-34-32(6)38(44)36(42)26-40(34,9)10/h11-21,23,35-38,41-44H,25-26H2,1-10H3/b12-11+,17-13+,18-14+,23-21+,27-15+,28-16+,29-19+,30-20+/t35-,36-,37-,38-/m0/s1. The Hall–Kier alpha value is -3.20. The second-order valence-corrected chi connectivity index (χ2v) is 13.6. The Bertz CT molecular complexity index is 1420. The molecule has 0 fully saturated rings. The van der Waals surface area contributed by atoms with Gasteiger partial charge in [-0.25, -0.2) is 0 Å². The lowest BCUT2D eigenvalue weighted by molar-refractivity contribution is 0.00685. The molecule has 0 saturated carbocycles. The van der Waals surface area contributed by atoms with Gasteiger partial charge in [0.2, 0.25) is 0 Å². The molecule has 2 aliphatic carbocycles. The van der Waals surface area contributed by atoms with Crippen molar-refractivity contribution in [3.05, 3.63) is 117 Å². The van der Waals surface area contributed by atoms with Crippen LogP contribution >= 0.6 is 0 Å². The van der Waals surface area contributed by atoms with Crippen LogP contribution in [0.1, 0.15) is 82.1 Å². The fourth-order valence-electron chi connectivity index (χ4n) is 5.75. The topological polar surface area (TPSA) is 80.9 Å². The van der Waals surface area contributed by atoms with Gasteiger partial charge in [0, 0.05) is 11.0 Å². The van der Waals surface area contributed by atoms with E-state index in [0.29, 0.717) is 12.8 Å². The maximum absolute atomic E-state index is 10.3. The first-order valence-corrected chi connectivity index (χ1v) is 15.5. The van der Waals surface area contributed by atoms with Gasteiger partial charge in [0.25, 0.3) is 0 Å². The molecule has 0 spiro atoms. The van der Waals surface area contributed by atoms with Crippen molar-refractivity contribution in [2.45, 2.75) is 106 Å². The van der Waals surface area contributed by atoms with Gasteiger partial charge in [0.15, 0.2) is 0 Å². The monoisotopic (exact) mass is 598 g/mol. The summed E-state index contributed by atoms with van der Waals surface area (Å²) in [4.78, 5) is 0. The van der Waals surface area contributed by atoms with Gasteiger partial charge in [-0.05, 0) is 82.1 Å². The number of rotatable bonds is 8. The molecule has 0 aliphatic heterocycles. The number of aliphatic hydroxyl groups excluding tert-OH is 4. The molecule has 44 heavy (non-hydrogen) atoms. The van der Waals surface area contributed by atoms with E-state index in [-0.39, 0.29) is 10.8 Å². The average molecular weight is 599 g/mol. The summed E-state index contributed by atoms with van der Waals surface area (Å²) in [6, 6.07) is 0. The molecule has 0 radical (unpaired) electrons. The molecule has 238 valence electrons. The smallest absolute Gasteiger partial charge is 0.102 e. The molecule has 0 heterocycles. The van der Waals surface area contributed by atoms with Gasteiger partial charge in [0.1, 0.15) is 12.2 Å². The number of hydrogen-bond donors (Lipinski definition) is 4. The maximum atomic E-state index is 10.3. The lowest BCUT2D eigenvalue weighted by Gasteiger charge is -2.38. The van der Waals surface area contributed by atoms with Crippen LogP contribution in [-0.4, -0.2) is 44.8 Å². The largest absolute Gasteiger partial charge is 0.390 e. The lowest BCUT2D eigenvalue weighted by Crippen LogP contribution is -2.39. The minimum Gasteiger partial charge on any atom is -0.390 e. The van der Waals surface area contributed by atoms with Gasteiger partial charge in [-0.1, -0.05) is 129 Å². The predicted octanol–water partition coefficient (Wildman–Crippen LogP) is 7.94. The second-order valence-electron chi connectivity index (χ2n) is 13.6. The fraction of sp³-hybridized carbons (Fsp3) is 0.450. The molecule has 2 rings (SSSR count). The summed E-state index contributed by atoms with van der Waals surface area (Å²) in [6.45, 7) is 20.2. The summed E-state index contributed by atoms with van der Waals surface area (Å²) in [6.07, 6.45) is 22.4. The Balaban J connectivity index is 1.96. The van der Waals surface area contributed by atoms with E-state index in [2.05, 4.69) is 89.8 Å². The first-order valence-electron chi connectivity index (χ1n) is 15.5. The normalized spacial score (nSPS) is 27.3. The fourth-order valence-corrected chi connectivity index (χ4v) is 5.75. The molecule has 4 nitrogen and oxygen atoms in total. The zero-order valence-corrected chi connectivity index (χ0v) is 28.4. The SMILES string of the molecule is CC1=C(C#C/C(C)=C/C=C/C(C)=C/C=C/C=C(C)/C=C/C=C(C)/C=C/C2=C(C)[C@H](O)[C@@H](O)CC2(C)C)C(C)(C)C[C@H](O)[C@H]1O. The highest BCUT2D eigenvalue weighted by Crippen LogP contribution is 2.41. The Morgan fingerprint density at radius 1 is 0.636 bits per heavy atom. The first-order chi connectivity index (χ1) is 20.5. The Morgan fingerprint density at radius 2 is 1.09 bits per heavy atom. The third-order valence-electron chi connectivity index (χ3n) is 8.43. The Morgan fingerprint density at radius 3 is 1.66 bits per heavy atom. The summed E-state index contributed by atoms with van der Waals surface area (Å²) >= 11 is 0. The van der Waals surface area contributed by atoms with E-state index < -0.39 is 24.4 Å². The van der Waals surface area contributed by atoms with E-state index in [1.807, 2.05) is 64.2 Å². The molecule has 0 aromatic rings. The van der Waals surface area contributed by atoms with Gasteiger partial charge in [0.05, 0.1) is 12.2 Å². The quantitative estimate of drug-likeness (QED) is 0.169. The van der Waals surface area contributed by atoms with Crippen molar-refractivity contribution in [3.8, 4) is 11.8 Å². The second kappa shape index (κ2) is 16.2. The van der Waals surface area contributed by atoms with E-state index in [9.17, 15) is 20.4 Å². The highest BCUT2D eigenvalue weighted by molar-refractivity contribution is 5.46. The molecular formula is C40H54O4. The highest BCUT2D eigenvalue weighted by atomic mass is 16.3. The summed E-state index contributed by atoms with van der Waals surface area (Å²) in [5.74, 6) is 6.44. The third-order valence-corrected chi connectivity index (χ3v) is 8.43. The van der Waals surface area contributed by atoms with Crippen LogP contribution in [0.25, 0.3) is 0 Å². The highest BCUT2D eigenvalue weighted by Gasteiger charge is 2.38. The van der Waals surface area contributed by atoms with Gasteiger partial charge >= 0.3 is 0 Å². The van der Waals surface area contributed by atoms with Gasteiger partial charge < -0.3 is 20.4 Å². The molecule has 4 heteroatoms. The molecule has 2 aliphatic rings. The molecule has 0 unspecified atom stereocenters. The Kier molecular flexibility index (Phi) is 13.6. The zero-order chi connectivity index (χ0) is 33.2. The van der Waals surface area contributed by atoms with Crippen LogP contribution in [0.2, 0.25) is 0 Å². The number of aliphatic hydroxyl groups is 4. The van der Waals surface area contributed by atoms with Crippen molar-refractivity contribution >= 4 is 0 Å². The summed E-state index contributed by atoms with van der Waals surface area (Å²) in [7, 11) is 0. The molecule has 0 amide bonds.